The zero-order chi connectivity index (χ0) is 15.4. The number of benzene rings is 1. The lowest BCUT2D eigenvalue weighted by Gasteiger charge is -2.38. The van der Waals surface area contributed by atoms with Crippen molar-refractivity contribution in [2.75, 3.05) is 20.2 Å². The number of carbonyl (C=O) groups is 2. The zero-order valence-electron chi connectivity index (χ0n) is 11.7. The molecule has 1 N–H and O–H groups in total. The number of ether oxygens (including phenoxy) is 1. The van der Waals surface area contributed by atoms with Gasteiger partial charge in [-0.05, 0) is 17.7 Å². The molecule has 1 aliphatic rings. The van der Waals surface area contributed by atoms with Gasteiger partial charge >= 0.3 is 0 Å². The first-order valence-electron chi connectivity index (χ1n) is 6.56. The van der Waals surface area contributed by atoms with Crippen molar-refractivity contribution >= 4 is 23.4 Å². The van der Waals surface area contributed by atoms with Crippen LogP contribution in [0.1, 0.15) is 11.6 Å². The minimum Gasteiger partial charge on any atom is -0.356 e. The molecule has 0 aliphatic carbocycles. The Hall–Kier alpha value is -1.85. The van der Waals surface area contributed by atoms with Crippen LogP contribution in [0.15, 0.2) is 36.9 Å². The van der Waals surface area contributed by atoms with E-state index in [-0.39, 0.29) is 18.4 Å². The number of carbonyl (C=O) groups excluding carboxylic acids is 2. The van der Waals surface area contributed by atoms with E-state index in [4.69, 9.17) is 16.3 Å². The second kappa shape index (κ2) is 6.74. The molecule has 2 rings (SSSR count). The van der Waals surface area contributed by atoms with Crippen molar-refractivity contribution < 1.29 is 14.3 Å². The lowest BCUT2D eigenvalue weighted by atomic mass is 9.97. The van der Waals surface area contributed by atoms with Crippen LogP contribution < -0.4 is 5.32 Å². The first-order valence-corrected chi connectivity index (χ1v) is 6.93. The molecule has 5 nitrogen and oxygen atoms in total. The van der Waals surface area contributed by atoms with E-state index in [9.17, 15) is 9.59 Å². The average molecular weight is 309 g/mol. The van der Waals surface area contributed by atoms with E-state index in [0.717, 1.165) is 5.56 Å². The lowest BCUT2D eigenvalue weighted by molar-refractivity contribution is -0.162. The monoisotopic (exact) mass is 308 g/mol. The van der Waals surface area contributed by atoms with Crippen LogP contribution in [0.5, 0.6) is 0 Å². The number of nitrogens with one attached hydrogen (secondary N) is 1. The Morgan fingerprint density at radius 2 is 2.19 bits per heavy atom. The molecule has 1 saturated heterocycles. The summed E-state index contributed by atoms with van der Waals surface area (Å²) in [6.45, 7) is 3.80. The van der Waals surface area contributed by atoms with Crippen LogP contribution in [0.2, 0.25) is 5.02 Å². The fraction of sp³-hybridized carbons (Fsp3) is 0.333. The molecule has 21 heavy (non-hydrogen) atoms. The molecule has 0 saturated carbocycles. The number of morpholine rings is 1. The smallest absolute Gasteiger partial charge is 0.251 e. The summed E-state index contributed by atoms with van der Waals surface area (Å²) in [5, 5.41) is 3.30. The van der Waals surface area contributed by atoms with E-state index in [2.05, 4.69) is 11.9 Å². The Bertz CT molecular complexity index is 544. The predicted molar refractivity (Wildman–Crippen MR) is 79.9 cm³/mol. The fourth-order valence-electron chi connectivity index (χ4n) is 2.26. The maximum absolute atomic E-state index is 12.2. The molecular weight excluding hydrogens is 292 g/mol. The first kappa shape index (κ1) is 15.5. The van der Waals surface area contributed by atoms with Gasteiger partial charge < -0.3 is 15.0 Å². The van der Waals surface area contributed by atoms with Crippen molar-refractivity contribution in [3.63, 3.8) is 0 Å². The Morgan fingerprint density at radius 3 is 2.81 bits per heavy atom. The fourth-order valence-corrected chi connectivity index (χ4v) is 2.39. The molecule has 0 aromatic heterocycles. The van der Waals surface area contributed by atoms with Crippen molar-refractivity contribution in [2.45, 2.75) is 12.1 Å². The predicted octanol–water partition coefficient (Wildman–Crippen LogP) is 1.54. The van der Waals surface area contributed by atoms with Crippen molar-refractivity contribution in [2.24, 2.45) is 0 Å². The van der Waals surface area contributed by atoms with E-state index in [0.29, 0.717) is 11.6 Å². The maximum atomic E-state index is 12.2. The van der Waals surface area contributed by atoms with Crippen LogP contribution in [0.25, 0.3) is 0 Å². The topological polar surface area (TPSA) is 58.6 Å². The van der Waals surface area contributed by atoms with Crippen molar-refractivity contribution in [1.82, 2.24) is 10.2 Å². The molecule has 0 bridgehead atoms. The molecular formula is C15H17ClN2O3. The van der Waals surface area contributed by atoms with Gasteiger partial charge in [-0.15, -0.1) is 6.58 Å². The van der Waals surface area contributed by atoms with Gasteiger partial charge in [0.1, 0.15) is 6.61 Å². The molecule has 2 atom stereocenters. The summed E-state index contributed by atoms with van der Waals surface area (Å²) in [5.41, 5.74) is 0.800. The molecule has 1 aromatic rings. The zero-order valence-corrected chi connectivity index (χ0v) is 12.5. The summed E-state index contributed by atoms with van der Waals surface area (Å²) in [5.74, 6) is -0.433. The number of nitrogens with zero attached hydrogens (tertiary/aromatic N) is 1. The van der Waals surface area contributed by atoms with Gasteiger partial charge in [-0.1, -0.05) is 29.8 Å². The van der Waals surface area contributed by atoms with E-state index >= 15 is 0 Å². The van der Waals surface area contributed by atoms with Crippen LogP contribution in [0.4, 0.5) is 0 Å². The third-order valence-corrected chi connectivity index (χ3v) is 3.63. The standard InChI is InChI=1S/C15H17ClN2O3/c1-3-8-17-15(20)14-13(18(2)12(19)9-21-14)10-4-6-11(16)7-5-10/h3-7,13-14H,1,8-9H2,2H3,(H,17,20). The van der Waals surface area contributed by atoms with Crippen LogP contribution in [0.3, 0.4) is 0 Å². The summed E-state index contributed by atoms with van der Waals surface area (Å²) < 4.78 is 5.45. The second-order valence-corrected chi connectivity index (χ2v) is 5.20. The van der Waals surface area contributed by atoms with Crippen LogP contribution >= 0.6 is 11.6 Å². The molecule has 1 fully saturated rings. The first-order chi connectivity index (χ1) is 10.0. The maximum Gasteiger partial charge on any atom is 0.251 e. The van der Waals surface area contributed by atoms with Gasteiger partial charge in [-0.3, -0.25) is 9.59 Å². The molecule has 1 heterocycles. The molecule has 2 amide bonds. The summed E-state index contributed by atoms with van der Waals surface area (Å²) in [6, 6.07) is 6.55. The van der Waals surface area contributed by atoms with Gasteiger partial charge in [0.25, 0.3) is 5.91 Å². The van der Waals surface area contributed by atoms with Gasteiger partial charge in [0.15, 0.2) is 6.10 Å². The average Bonchev–Trinajstić information content (AvgIpc) is 2.48. The highest BCUT2D eigenvalue weighted by Crippen LogP contribution is 2.29. The summed E-state index contributed by atoms with van der Waals surface area (Å²) >= 11 is 5.88. The Labute approximate surface area is 128 Å². The highest BCUT2D eigenvalue weighted by molar-refractivity contribution is 6.30. The van der Waals surface area contributed by atoms with Crippen molar-refractivity contribution in [3.05, 3.63) is 47.5 Å². The van der Waals surface area contributed by atoms with E-state index in [1.54, 1.807) is 37.4 Å². The van der Waals surface area contributed by atoms with Crippen LogP contribution in [0, 0.1) is 0 Å². The molecule has 1 aliphatic heterocycles. The number of amides is 2. The molecule has 6 heteroatoms. The van der Waals surface area contributed by atoms with Crippen molar-refractivity contribution in [1.29, 1.82) is 0 Å². The Morgan fingerprint density at radius 1 is 1.52 bits per heavy atom. The normalized spacial score (nSPS) is 22.0. The Balaban J connectivity index is 2.28. The number of halogens is 1. The van der Waals surface area contributed by atoms with Gasteiger partial charge in [0.05, 0.1) is 6.04 Å². The summed E-state index contributed by atoms with van der Waals surface area (Å²) in [6.07, 6.45) is 0.834. The van der Waals surface area contributed by atoms with Gasteiger partial charge in [-0.25, -0.2) is 0 Å². The molecule has 112 valence electrons. The highest BCUT2D eigenvalue weighted by Gasteiger charge is 2.39. The van der Waals surface area contributed by atoms with E-state index in [1.807, 2.05) is 0 Å². The highest BCUT2D eigenvalue weighted by atomic mass is 35.5. The molecule has 0 spiro atoms. The molecule has 0 radical (unpaired) electrons. The lowest BCUT2D eigenvalue weighted by Crippen LogP contribution is -2.53. The van der Waals surface area contributed by atoms with Gasteiger partial charge in [0, 0.05) is 18.6 Å². The number of hydrogen-bond donors (Lipinski definition) is 1. The number of hydrogen-bond acceptors (Lipinski definition) is 3. The van der Waals surface area contributed by atoms with Crippen LogP contribution in [-0.2, 0) is 14.3 Å². The minimum absolute atomic E-state index is 0.104. The Kier molecular flexibility index (Phi) is 4.98. The van der Waals surface area contributed by atoms with Gasteiger partial charge in [0.2, 0.25) is 5.91 Å². The number of rotatable bonds is 4. The summed E-state index contributed by atoms with van der Waals surface area (Å²) in [4.78, 5) is 25.6. The third-order valence-electron chi connectivity index (χ3n) is 3.37. The van der Waals surface area contributed by atoms with E-state index in [1.165, 1.54) is 4.90 Å². The molecule has 2 unspecified atom stereocenters. The summed E-state index contributed by atoms with van der Waals surface area (Å²) in [7, 11) is 1.66. The van der Waals surface area contributed by atoms with E-state index < -0.39 is 12.1 Å². The third kappa shape index (κ3) is 3.43. The minimum atomic E-state index is -0.756. The molecule has 1 aromatic carbocycles. The van der Waals surface area contributed by atoms with Crippen molar-refractivity contribution in [3.8, 4) is 0 Å². The largest absolute Gasteiger partial charge is 0.356 e. The number of likely N-dealkylation sites (N-methyl/N-ethyl adjacent to an activating group) is 1. The van der Waals surface area contributed by atoms with Crippen LogP contribution in [-0.4, -0.2) is 43.0 Å². The SMILES string of the molecule is C=CCNC(=O)C1OCC(=O)N(C)C1c1ccc(Cl)cc1. The second-order valence-electron chi connectivity index (χ2n) is 4.77. The quantitative estimate of drug-likeness (QED) is 0.858. The van der Waals surface area contributed by atoms with Gasteiger partial charge in [-0.2, -0.15) is 0 Å².